The molecule has 0 spiro atoms. The van der Waals surface area contributed by atoms with Crippen LogP contribution in [0.25, 0.3) is 22.2 Å². The molecule has 29 heavy (non-hydrogen) atoms. The normalized spacial score (nSPS) is 11.2. The van der Waals surface area contributed by atoms with E-state index in [1.54, 1.807) is 12.1 Å². The molecule has 0 saturated carbocycles. The van der Waals surface area contributed by atoms with Gasteiger partial charge in [-0.15, -0.1) is 11.3 Å². The number of hydrogen-bond donors (Lipinski definition) is 2. The summed E-state index contributed by atoms with van der Waals surface area (Å²) in [5.74, 6) is -2.08. The summed E-state index contributed by atoms with van der Waals surface area (Å²) >= 11 is 1.33. The molecule has 8 heteroatoms. The average Bonchev–Trinajstić information content (AvgIpc) is 3.24. The Labute approximate surface area is 168 Å². The number of hydrogen-bond acceptors (Lipinski definition) is 3. The molecule has 0 atom stereocenters. The van der Waals surface area contributed by atoms with Gasteiger partial charge in [0, 0.05) is 28.9 Å². The first-order chi connectivity index (χ1) is 13.9. The largest absolute Gasteiger partial charge is 0.352 e. The summed E-state index contributed by atoms with van der Waals surface area (Å²) < 4.78 is 41.4. The highest BCUT2D eigenvalue weighted by Crippen LogP contribution is 2.33. The maximum absolute atomic E-state index is 14.3. The zero-order valence-corrected chi connectivity index (χ0v) is 16.2. The van der Waals surface area contributed by atoms with Crippen molar-refractivity contribution in [3.63, 3.8) is 0 Å². The number of rotatable bonds is 5. The summed E-state index contributed by atoms with van der Waals surface area (Å²) in [6, 6.07) is 7.72. The molecule has 0 unspecified atom stereocenters. The van der Waals surface area contributed by atoms with Gasteiger partial charge >= 0.3 is 0 Å². The predicted octanol–water partition coefficient (Wildman–Crippen LogP) is 5.59. The molecule has 0 radical (unpaired) electrons. The first kappa shape index (κ1) is 19.2. The van der Waals surface area contributed by atoms with Gasteiger partial charge in [-0.25, -0.2) is 18.2 Å². The predicted molar refractivity (Wildman–Crippen MR) is 107 cm³/mol. The van der Waals surface area contributed by atoms with Crippen LogP contribution >= 0.6 is 11.3 Å². The Hall–Kier alpha value is -3.13. The smallest absolute Gasteiger partial charge is 0.226 e. The topological polar surface area (TPSA) is 57.8 Å². The second-order valence-electron chi connectivity index (χ2n) is 6.64. The number of benzene rings is 2. The Balaban J connectivity index is 1.68. The fourth-order valence-electron chi connectivity index (χ4n) is 3.23. The standard InChI is InChI=1S/C21H16F3N3OS/c1-11-10-29-21(25-11)26-18(28)7-6-15-16-8-14(23)9-17(24)20(16)27-19(15)12-2-4-13(22)5-3-12/h2-5,8-10,27H,6-7H2,1H3,(H,25,26,28). The number of halogens is 3. The fourth-order valence-corrected chi connectivity index (χ4v) is 3.93. The molecule has 0 bridgehead atoms. The van der Waals surface area contributed by atoms with Crippen LogP contribution in [0.5, 0.6) is 0 Å². The van der Waals surface area contributed by atoms with Gasteiger partial charge in [-0.1, -0.05) is 0 Å². The van der Waals surface area contributed by atoms with Crippen LogP contribution < -0.4 is 5.32 Å². The van der Waals surface area contributed by atoms with E-state index < -0.39 is 17.5 Å². The second kappa shape index (κ2) is 7.71. The van der Waals surface area contributed by atoms with Gasteiger partial charge in [-0.05, 0) is 54.8 Å². The van der Waals surface area contributed by atoms with Gasteiger partial charge in [0.1, 0.15) is 17.5 Å². The van der Waals surface area contributed by atoms with Crippen LogP contribution in [0.4, 0.5) is 18.3 Å². The van der Waals surface area contributed by atoms with E-state index in [1.165, 1.54) is 29.5 Å². The van der Waals surface area contributed by atoms with Crippen molar-refractivity contribution in [2.24, 2.45) is 0 Å². The molecule has 0 aliphatic carbocycles. The number of carbonyl (C=O) groups is 1. The molecule has 2 aromatic carbocycles. The van der Waals surface area contributed by atoms with Gasteiger partial charge < -0.3 is 10.3 Å². The highest BCUT2D eigenvalue weighted by Gasteiger charge is 2.18. The Kier molecular flexibility index (Phi) is 5.10. The molecule has 4 aromatic rings. The number of amides is 1. The van der Waals surface area contributed by atoms with Gasteiger partial charge in [0.05, 0.1) is 11.2 Å². The lowest BCUT2D eigenvalue weighted by Gasteiger charge is -2.06. The van der Waals surface area contributed by atoms with Crippen molar-refractivity contribution in [2.75, 3.05) is 5.32 Å². The molecule has 0 saturated heterocycles. The number of aromatic amines is 1. The van der Waals surface area contributed by atoms with Gasteiger partial charge in [0.15, 0.2) is 5.13 Å². The van der Waals surface area contributed by atoms with E-state index in [9.17, 15) is 18.0 Å². The van der Waals surface area contributed by atoms with Gasteiger partial charge in [-0.3, -0.25) is 4.79 Å². The Morgan fingerprint density at radius 1 is 1.14 bits per heavy atom. The molecule has 2 heterocycles. The Morgan fingerprint density at radius 2 is 1.90 bits per heavy atom. The highest BCUT2D eigenvalue weighted by atomic mass is 32.1. The Bertz CT molecular complexity index is 1200. The molecular formula is C21H16F3N3OS. The van der Waals surface area contributed by atoms with Crippen LogP contribution in [0.3, 0.4) is 0 Å². The summed E-state index contributed by atoms with van der Waals surface area (Å²) in [5, 5.41) is 5.41. The van der Waals surface area contributed by atoms with E-state index in [0.29, 0.717) is 27.3 Å². The minimum Gasteiger partial charge on any atom is -0.352 e. The van der Waals surface area contributed by atoms with Crippen molar-refractivity contribution >= 4 is 33.3 Å². The molecule has 0 aliphatic rings. The minimum absolute atomic E-state index is 0.0951. The first-order valence-electron chi connectivity index (χ1n) is 8.88. The van der Waals surface area contributed by atoms with Crippen molar-refractivity contribution in [3.05, 3.63) is 70.5 Å². The van der Waals surface area contributed by atoms with Crippen molar-refractivity contribution in [2.45, 2.75) is 19.8 Å². The van der Waals surface area contributed by atoms with Crippen molar-refractivity contribution in [1.29, 1.82) is 0 Å². The third kappa shape index (κ3) is 4.02. The molecular weight excluding hydrogens is 399 g/mol. The highest BCUT2D eigenvalue weighted by molar-refractivity contribution is 7.13. The van der Waals surface area contributed by atoms with E-state index in [1.807, 2.05) is 12.3 Å². The van der Waals surface area contributed by atoms with E-state index in [-0.39, 0.29) is 24.3 Å². The summed E-state index contributed by atoms with van der Waals surface area (Å²) in [6.45, 7) is 1.83. The lowest BCUT2D eigenvalue weighted by atomic mass is 10.0. The third-order valence-electron chi connectivity index (χ3n) is 4.53. The quantitative estimate of drug-likeness (QED) is 0.447. The van der Waals surface area contributed by atoms with Crippen LogP contribution in [0, 0.1) is 24.4 Å². The number of thiazole rings is 1. The number of carbonyl (C=O) groups excluding carboxylic acids is 1. The number of H-pyrrole nitrogens is 1. The van der Waals surface area contributed by atoms with Crippen molar-refractivity contribution in [1.82, 2.24) is 9.97 Å². The molecule has 2 aromatic heterocycles. The average molecular weight is 415 g/mol. The van der Waals surface area contributed by atoms with Crippen LogP contribution in [-0.4, -0.2) is 15.9 Å². The molecule has 4 nitrogen and oxygen atoms in total. The number of nitrogens with one attached hydrogen (secondary N) is 2. The number of aryl methyl sites for hydroxylation is 2. The molecule has 1 amide bonds. The fraction of sp³-hybridized carbons (Fsp3) is 0.143. The molecule has 2 N–H and O–H groups in total. The summed E-state index contributed by atoms with van der Waals surface area (Å²) in [4.78, 5) is 19.5. The van der Waals surface area contributed by atoms with Crippen molar-refractivity contribution < 1.29 is 18.0 Å². The third-order valence-corrected chi connectivity index (χ3v) is 5.41. The van der Waals surface area contributed by atoms with Gasteiger partial charge in [-0.2, -0.15) is 0 Å². The Morgan fingerprint density at radius 3 is 2.59 bits per heavy atom. The zero-order chi connectivity index (χ0) is 20.5. The van der Waals surface area contributed by atoms with Crippen LogP contribution in [0.1, 0.15) is 17.7 Å². The lowest BCUT2D eigenvalue weighted by molar-refractivity contribution is -0.116. The SMILES string of the molecule is Cc1csc(NC(=O)CCc2c(-c3ccc(F)cc3)[nH]c3c(F)cc(F)cc23)n1. The number of nitrogens with zero attached hydrogens (tertiary/aromatic N) is 1. The lowest BCUT2D eigenvalue weighted by Crippen LogP contribution is -2.12. The first-order valence-corrected chi connectivity index (χ1v) is 9.76. The van der Waals surface area contributed by atoms with Crippen LogP contribution in [0.15, 0.2) is 41.8 Å². The number of fused-ring (bicyclic) bond motifs is 1. The molecule has 148 valence electrons. The number of aromatic nitrogens is 2. The van der Waals surface area contributed by atoms with Crippen molar-refractivity contribution in [3.8, 4) is 11.3 Å². The van der Waals surface area contributed by atoms with Gasteiger partial charge in [0.25, 0.3) is 0 Å². The van der Waals surface area contributed by atoms with E-state index in [2.05, 4.69) is 15.3 Å². The minimum atomic E-state index is -0.725. The second-order valence-corrected chi connectivity index (χ2v) is 7.50. The van der Waals surface area contributed by atoms with Crippen LogP contribution in [0.2, 0.25) is 0 Å². The summed E-state index contributed by atoms with van der Waals surface area (Å²) in [5.41, 5.74) is 2.70. The van der Waals surface area contributed by atoms with E-state index in [0.717, 1.165) is 11.8 Å². The number of anilines is 1. The maximum atomic E-state index is 14.3. The van der Waals surface area contributed by atoms with Gasteiger partial charge in [0.2, 0.25) is 5.91 Å². The summed E-state index contributed by atoms with van der Waals surface area (Å²) in [6.07, 6.45) is 0.337. The zero-order valence-electron chi connectivity index (χ0n) is 15.4. The molecule has 0 fully saturated rings. The molecule has 4 rings (SSSR count). The van der Waals surface area contributed by atoms with Crippen LogP contribution in [-0.2, 0) is 11.2 Å². The summed E-state index contributed by atoms with van der Waals surface area (Å²) in [7, 11) is 0. The monoisotopic (exact) mass is 415 g/mol. The van der Waals surface area contributed by atoms with E-state index >= 15 is 0 Å². The maximum Gasteiger partial charge on any atom is 0.226 e. The molecule has 0 aliphatic heterocycles. The van der Waals surface area contributed by atoms with E-state index in [4.69, 9.17) is 0 Å².